The van der Waals surface area contributed by atoms with E-state index in [1.807, 2.05) is 35.9 Å². The lowest BCUT2D eigenvalue weighted by Gasteiger charge is -2.19. The molecule has 1 aromatic heterocycles. The number of hydrogen-bond acceptors (Lipinski definition) is 3. The van der Waals surface area contributed by atoms with Crippen molar-refractivity contribution >= 4 is 28.4 Å². The summed E-state index contributed by atoms with van der Waals surface area (Å²) >= 11 is 6.21. The second-order valence-electron chi connectivity index (χ2n) is 6.17. The minimum absolute atomic E-state index is 0.0772. The first kappa shape index (κ1) is 16.3. The van der Waals surface area contributed by atoms with E-state index < -0.39 is 0 Å². The molecule has 3 rings (SSSR count). The van der Waals surface area contributed by atoms with Gasteiger partial charge in [-0.25, -0.2) is 0 Å². The molecule has 1 amide bonds. The van der Waals surface area contributed by atoms with Gasteiger partial charge in [-0.05, 0) is 25.2 Å². The molecule has 1 N–H and O–H groups in total. The second kappa shape index (κ2) is 6.91. The molecule has 1 aliphatic rings. The zero-order valence-electron chi connectivity index (χ0n) is 13.5. The van der Waals surface area contributed by atoms with Crippen molar-refractivity contribution in [2.75, 3.05) is 39.9 Å². The molecule has 0 radical (unpaired) electrons. The van der Waals surface area contributed by atoms with Gasteiger partial charge in [0, 0.05) is 48.5 Å². The molecule has 5 nitrogen and oxygen atoms in total. The van der Waals surface area contributed by atoms with Gasteiger partial charge in [0.1, 0.15) is 5.69 Å². The molecule has 2 heterocycles. The molecule has 6 heteroatoms. The van der Waals surface area contributed by atoms with Crippen LogP contribution in [0.15, 0.2) is 24.3 Å². The number of fused-ring (bicyclic) bond motifs is 1. The number of nitrogens with one attached hydrogen (secondary N) is 1. The van der Waals surface area contributed by atoms with Crippen LogP contribution in [-0.2, 0) is 11.8 Å². The van der Waals surface area contributed by atoms with Crippen molar-refractivity contribution in [2.24, 2.45) is 13.0 Å². The Morgan fingerprint density at radius 3 is 3.04 bits per heavy atom. The molecule has 2 aromatic rings. The van der Waals surface area contributed by atoms with Crippen molar-refractivity contribution in [3.8, 4) is 0 Å². The largest absolute Gasteiger partial charge is 0.380 e. The van der Waals surface area contributed by atoms with Crippen molar-refractivity contribution < 1.29 is 9.53 Å². The molecule has 124 valence electrons. The molecule has 1 fully saturated rings. The van der Waals surface area contributed by atoms with E-state index in [9.17, 15) is 4.79 Å². The fourth-order valence-electron chi connectivity index (χ4n) is 3.05. The zero-order valence-corrected chi connectivity index (χ0v) is 14.3. The molecule has 1 aliphatic heterocycles. The molecular weight excluding hydrogens is 314 g/mol. The summed E-state index contributed by atoms with van der Waals surface area (Å²) in [5, 5.41) is 4.59. The summed E-state index contributed by atoms with van der Waals surface area (Å²) in [4.78, 5) is 14.8. The van der Waals surface area contributed by atoms with Crippen LogP contribution in [0, 0.1) is 5.92 Å². The first-order valence-corrected chi connectivity index (χ1v) is 8.22. The quantitative estimate of drug-likeness (QED) is 0.934. The van der Waals surface area contributed by atoms with Crippen molar-refractivity contribution in [1.29, 1.82) is 0 Å². The molecule has 0 unspecified atom stereocenters. The highest BCUT2D eigenvalue weighted by Crippen LogP contribution is 2.26. The fraction of sp³-hybridized carbons (Fsp3) is 0.471. The molecule has 23 heavy (non-hydrogen) atoms. The number of carbonyl (C=O) groups is 1. The van der Waals surface area contributed by atoms with E-state index in [2.05, 4.69) is 17.3 Å². The van der Waals surface area contributed by atoms with Gasteiger partial charge in [-0.2, -0.15) is 0 Å². The summed E-state index contributed by atoms with van der Waals surface area (Å²) in [6.07, 6.45) is 0. The van der Waals surface area contributed by atoms with Crippen LogP contribution in [0.5, 0.6) is 0 Å². The number of amides is 1. The number of benzene rings is 1. The average molecular weight is 336 g/mol. The summed E-state index contributed by atoms with van der Waals surface area (Å²) in [6.45, 7) is 3.92. The van der Waals surface area contributed by atoms with E-state index in [-0.39, 0.29) is 5.91 Å². The van der Waals surface area contributed by atoms with Gasteiger partial charge in [0.15, 0.2) is 0 Å². The SMILES string of the molecule is CN1CCOC[C@@H](CNC(=O)c2cc3c(Cl)cccc3n2C)C1. The van der Waals surface area contributed by atoms with Gasteiger partial charge in [0.2, 0.25) is 0 Å². The van der Waals surface area contributed by atoms with Crippen molar-refractivity contribution in [1.82, 2.24) is 14.8 Å². The molecule has 0 saturated carbocycles. The van der Waals surface area contributed by atoms with E-state index >= 15 is 0 Å². The summed E-state index contributed by atoms with van der Waals surface area (Å²) in [7, 11) is 3.96. The Morgan fingerprint density at radius 2 is 2.26 bits per heavy atom. The van der Waals surface area contributed by atoms with Crippen molar-refractivity contribution in [3.05, 3.63) is 35.0 Å². The highest BCUT2D eigenvalue weighted by molar-refractivity contribution is 6.35. The number of nitrogens with zero attached hydrogens (tertiary/aromatic N) is 2. The van der Waals surface area contributed by atoms with E-state index in [1.165, 1.54) is 0 Å². The van der Waals surface area contributed by atoms with E-state index in [4.69, 9.17) is 16.3 Å². The number of rotatable bonds is 3. The lowest BCUT2D eigenvalue weighted by Crippen LogP contribution is -2.36. The molecule has 0 bridgehead atoms. The molecule has 1 atom stereocenters. The van der Waals surface area contributed by atoms with Crippen LogP contribution in [0.3, 0.4) is 0 Å². The maximum atomic E-state index is 12.5. The molecule has 0 spiro atoms. The van der Waals surface area contributed by atoms with Gasteiger partial charge in [0.25, 0.3) is 5.91 Å². The molecular formula is C17H22ClN3O2. The van der Waals surface area contributed by atoms with Gasteiger partial charge in [-0.1, -0.05) is 17.7 Å². The minimum atomic E-state index is -0.0772. The van der Waals surface area contributed by atoms with E-state index in [0.717, 1.165) is 30.6 Å². The Labute approximate surface area is 141 Å². The number of hydrogen-bond donors (Lipinski definition) is 1. The summed E-state index contributed by atoms with van der Waals surface area (Å²) in [5.74, 6) is 0.233. The van der Waals surface area contributed by atoms with E-state index in [0.29, 0.717) is 29.8 Å². The summed E-state index contributed by atoms with van der Waals surface area (Å²) in [6, 6.07) is 7.55. The highest BCUT2D eigenvalue weighted by atomic mass is 35.5. The standard InChI is InChI=1S/C17H22ClN3O2/c1-20-6-7-23-11-12(10-20)9-19-17(22)16-8-13-14(18)4-3-5-15(13)21(16)2/h3-5,8,12H,6-7,9-11H2,1-2H3,(H,19,22)/t12-/m0/s1. The maximum Gasteiger partial charge on any atom is 0.267 e. The van der Waals surface area contributed by atoms with Crippen LogP contribution in [0.4, 0.5) is 0 Å². The van der Waals surface area contributed by atoms with Crippen molar-refractivity contribution in [3.63, 3.8) is 0 Å². The van der Waals surface area contributed by atoms with Gasteiger partial charge in [-0.3, -0.25) is 4.79 Å². The predicted molar refractivity (Wildman–Crippen MR) is 92.1 cm³/mol. The van der Waals surface area contributed by atoms with Crippen LogP contribution < -0.4 is 5.32 Å². The third kappa shape index (κ3) is 3.52. The maximum absolute atomic E-state index is 12.5. The topological polar surface area (TPSA) is 46.5 Å². The molecule has 1 saturated heterocycles. The number of likely N-dealkylation sites (N-methyl/N-ethyl adjacent to an activating group) is 1. The summed E-state index contributed by atoms with van der Waals surface area (Å²) in [5.41, 5.74) is 1.58. The predicted octanol–water partition coefficient (Wildman–Crippen LogP) is 2.14. The van der Waals surface area contributed by atoms with Crippen LogP contribution in [-0.4, -0.2) is 55.3 Å². The number of halogens is 1. The zero-order chi connectivity index (χ0) is 16.4. The molecule has 1 aromatic carbocycles. The van der Waals surface area contributed by atoms with Crippen LogP contribution in [0.1, 0.15) is 10.5 Å². The Bertz CT molecular complexity index is 713. The first-order chi connectivity index (χ1) is 11.1. The lowest BCUT2D eigenvalue weighted by molar-refractivity contribution is 0.0914. The van der Waals surface area contributed by atoms with Crippen LogP contribution in [0.2, 0.25) is 5.02 Å². The van der Waals surface area contributed by atoms with Gasteiger partial charge < -0.3 is 19.5 Å². The lowest BCUT2D eigenvalue weighted by atomic mass is 10.1. The third-order valence-corrected chi connectivity index (χ3v) is 4.69. The number of ether oxygens (including phenoxy) is 1. The van der Waals surface area contributed by atoms with Gasteiger partial charge in [-0.15, -0.1) is 0 Å². The second-order valence-corrected chi connectivity index (χ2v) is 6.58. The Hall–Kier alpha value is -1.56. The smallest absolute Gasteiger partial charge is 0.267 e. The summed E-state index contributed by atoms with van der Waals surface area (Å²) < 4.78 is 7.47. The van der Waals surface area contributed by atoms with Crippen LogP contribution in [0.25, 0.3) is 10.9 Å². The highest BCUT2D eigenvalue weighted by Gasteiger charge is 2.19. The van der Waals surface area contributed by atoms with E-state index in [1.54, 1.807) is 0 Å². The number of aromatic nitrogens is 1. The Kier molecular flexibility index (Phi) is 4.90. The monoisotopic (exact) mass is 335 g/mol. The fourth-order valence-corrected chi connectivity index (χ4v) is 3.27. The van der Waals surface area contributed by atoms with Crippen molar-refractivity contribution in [2.45, 2.75) is 0 Å². The number of carbonyl (C=O) groups excluding carboxylic acids is 1. The van der Waals surface area contributed by atoms with Gasteiger partial charge >= 0.3 is 0 Å². The normalized spacial score (nSPS) is 19.7. The average Bonchev–Trinajstić information content (AvgIpc) is 2.73. The first-order valence-electron chi connectivity index (χ1n) is 7.84. The molecule has 0 aliphatic carbocycles. The Morgan fingerprint density at radius 1 is 1.43 bits per heavy atom. The van der Waals surface area contributed by atoms with Gasteiger partial charge in [0.05, 0.1) is 13.2 Å². The Balaban J connectivity index is 1.71. The third-order valence-electron chi connectivity index (χ3n) is 4.36. The van der Waals surface area contributed by atoms with Crippen LogP contribution >= 0.6 is 11.6 Å². The number of aryl methyl sites for hydroxylation is 1. The minimum Gasteiger partial charge on any atom is -0.380 e.